The Labute approximate surface area is 137 Å². The average molecular weight is 320 g/mol. The van der Waals surface area contributed by atoms with Crippen LogP contribution in [0.4, 0.5) is 4.39 Å². The van der Waals surface area contributed by atoms with Crippen LogP contribution in [0.3, 0.4) is 0 Å². The molecular weight excluding hydrogens is 295 g/mol. The van der Waals surface area contributed by atoms with Crippen molar-refractivity contribution >= 4 is 11.8 Å². The predicted octanol–water partition coefficient (Wildman–Crippen LogP) is 2.82. The van der Waals surface area contributed by atoms with Gasteiger partial charge in [0.2, 0.25) is 11.8 Å². The first-order chi connectivity index (χ1) is 11.0. The third kappa shape index (κ3) is 4.53. The molecule has 1 saturated heterocycles. The molecule has 1 aromatic carbocycles. The maximum absolute atomic E-state index is 12.9. The third-order valence-electron chi connectivity index (χ3n) is 4.15. The molecule has 0 unspecified atom stereocenters. The number of hydrogen-bond donors (Lipinski definition) is 0. The lowest BCUT2D eigenvalue weighted by atomic mass is 10.1. The van der Waals surface area contributed by atoms with Crippen molar-refractivity contribution in [2.75, 3.05) is 19.6 Å². The normalized spacial score (nSPS) is 17.6. The molecule has 0 aromatic heterocycles. The fraction of sp³-hybridized carbons (Fsp3) is 0.556. The van der Waals surface area contributed by atoms with Gasteiger partial charge < -0.3 is 9.80 Å². The van der Waals surface area contributed by atoms with E-state index in [2.05, 4.69) is 13.8 Å². The van der Waals surface area contributed by atoms with Crippen LogP contribution in [0.15, 0.2) is 24.3 Å². The molecule has 1 aliphatic heterocycles. The minimum Gasteiger partial charge on any atom is -0.342 e. The van der Waals surface area contributed by atoms with Gasteiger partial charge in [-0.1, -0.05) is 26.0 Å². The quantitative estimate of drug-likeness (QED) is 0.775. The highest BCUT2D eigenvalue weighted by Gasteiger charge is 2.36. The van der Waals surface area contributed by atoms with Crippen molar-refractivity contribution in [2.24, 2.45) is 5.92 Å². The molecule has 1 atom stereocenters. The second-order valence-electron chi connectivity index (χ2n) is 6.13. The summed E-state index contributed by atoms with van der Waals surface area (Å²) in [4.78, 5) is 28.4. The lowest BCUT2D eigenvalue weighted by Crippen LogP contribution is -2.38. The van der Waals surface area contributed by atoms with E-state index < -0.39 is 0 Å². The van der Waals surface area contributed by atoms with Crippen LogP contribution in [0.2, 0.25) is 0 Å². The summed E-state index contributed by atoms with van der Waals surface area (Å²) in [6.07, 6.45) is 2.13. The monoisotopic (exact) mass is 320 g/mol. The minimum absolute atomic E-state index is 0.000576. The summed E-state index contributed by atoms with van der Waals surface area (Å²) in [6.45, 7) is 6.49. The van der Waals surface area contributed by atoms with Crippen LogP contribution in [0, 0.1) is 11.7 Å². The van der Waals surface area contributed by atoms with Gasteiger partial charge in [-0.3, -0.25) is 9.59 Å². The van der Waals surface area contributed by atoms with E-state index >= 15 is 0 Å². The van der Waals surface area contributed by atoms with Crippen LogP contribution in [0.5, 0.6) is 0 Å². The number of carbonyl (C=O) groups is 2. The maximum atomic E-state index is 12.9. The van der Waals surface area contributed by atoms with Gasteiger partial charge in [0.05, 0.1) is 5.92 Å². The fourth-order valence-electron chi connectivity index (χ4n) is 3.03. The van der Waals surface area contributed by atoms with Crippen LogP contribution in [0.1, 0.15) is 38.7 Å². The van der Waals surface area contributed by atoms with Crippen LogP contribution >= 0.6 is 0 Å². The zero-order chi connectivity index (χ0) is 16.8. The average Bonchev–Trinajstić information content (AvgIpc) is 2.89. The summed E-state index contributed by atoms with van der Waals surface area (Å²) in [6, 6.07) is 6.14. The topological polar surface area (TPSA) is 40.6 Å². The summed E-state index contributed by atoms with van der Waals surface area (Å²) >= 11 is 0. The molecule has 2 rings (SSSR count). The lowest BCUT2D eigenvalue weighted by molar-refractivity contribution is -0.136. The zero-order valence-electron chi connectivity index (χ0n) is 13.9. The van der Waals surface area contributed by atoms with E-state index in [1.54, 1.807) is 17.0 Å². The first kappa shape index (κ1) is 17.4. The van der Waals surface area contributed by atoms with Gasteiger partial charge in [-0.15, -0.1) is 0 Å². The smallest absolute Gasteiger partial charge is 0.227 e. The molecule has 0 bridgehead atoms. The van der Waals surface area contributed by atoms with E-state index in [0.29, 0.717) is 13.1 Å². The first-order valence-corrected chi connectivity index (χ1v) is 8.36. The van der Waals surface area contributed by atoms with E-state index in [1.165, 1.54) is 12.1 Å². The van der Waals surface area contributed by atoms with Gasteiger partial charge in [-0.2, -0.15) is 0 Å². The zero-order valence-corrected chi connectivity index (χ0v) is 13.9. The number of nitrogens with zero attached hydrogens (tertiary/aromatic N) is 2. The standard InChI is InChI=1S/C18H25FN2O2/c1-3-9-20(10-4-2)18(23)15-11-17(22)21(13-15)12-14-5-7-16(19)8-6-14/h5-8,15H,3-4,9-13H2,1-2H3/t15-/m1/s1. The maximum Gasteiger partial charge on any atom is 0.227 e. The molecule has 0 N–H and O–H groups in total. The Morgan fingerprint density at radius 3 is 2.39 bits per heavy atom. The summed E-state index contributed by atoms with van der Waals surface area (Å²) < 4.78 is 12.9. The molecule has 23 heavy (non-hydrogen) atoms. The Morgan fingerprint density at radius 2 is 1.83 bits per heavy atom. The molecule has 0 radical (unpaired) electrons. The van der Waals surface area contributed by atoms with Crippen LogP contribution in [-0.4, -0.2) is 41.2 Å². The van der Waals surface area contributed by atoms with Crippen molar-refractivity contribution < 1.29 is 14.0 Å². The molecule has 5 heteroatoms. The van der Waals surface area contributed by atoms with Gasteiger partial charge in [0.1, 0.15) is 5.82 Å². The number of amides is 2. The molecule has 126 valence electrons. The number of likely N-dealkylation sites (tertiary alicyclic amines) is 1. The highest BCUT2D eigenvalue weighted by atomic mass is 19.1. The van der Waals surface area contributed by atoms with Gasteiger partial charge in [0.15, 0.2) is 0 Å². The van der Waals surface area contributed by atoms with E-state index in [-0.39, 0.29) is 30.0 Å². The predicted molar refractivity (Wildman–Crippen MR) is 87.1 cm³/mol. The SMILES string of the molecule is CCCN(CCC)C(=O)[C@@H]1CC(=O)N(Cc2ccc(F)cc2)C1. The van der Waals surface area contributed by atoms with E-state index in [1.807, 2.05) is 4.90 Å². The molecule has 0 saturated carbocycles. The molecule has 1 aromatic rings. The van der Waals surface area contributed by atoms with Gasteiger partial charge in [0.25, 0.3) is 0 Å². The fourth-order valence-corrected chi connectivity index (χ4v) is 3.03. The number of benzene rings is 1. The molecule has 0 spiro atoms. The van der Waals surface area contributed by atoms with Gasteiger partial charge >= 0.3 is 0 Å². The highest BCUT2D eigenvalue weighted by molar-refractivity contribution is 5.89. The van der Waals surface area contributed by atoms with Gasteiger partial charge in [0, 0.05) is 32.6 Å². The van der Waals surface area contributed by atoms with Crippen molar-refractivity contribution in [1.82, 2.24) is 9.80 Å². The summed E-state index contributed by atoms with van der Waals surface area (Å²) in [5.41, 5.74) is 0.881. The van der Waals surface area contributed by atoms with Crippen molar-refractivity contribution in [2.45, 2.75) is 39.7 Å². The Hall–Kier alpha value is -1.91. The Bertz CT molecular complexity index is 538. The summed E-state index contributed by atoms with van der Waals surface area (Å²) in [5, 5.41) is 0. The second-order valence-corrected chi connectivity index (χ2v) is 6.13. The summed E-state index contributed by atoms with van der Waals surface area (Å²) in [7, 11) is 0. The summed E-state index contributed by atoms with van der Waals surface area (Å²) in [5.74, 6) is -0.449. The van der Waals surface area contributed by atoms with Crippen LogP contribution < -0.4 is 0 Å². The Balaban J connectivity index is 1.98. The Kier molecular flexibility index (Phi) is 6.13. The Morgan fingerprint density at radius 1 is 1.22 bits per heavy atom. The second kappa shape index (κ2) is 8.09. The van der Waals surface area contributed by atoms with Crippen molar-refractivity contribution in [3.05, 3.63) is 35.6 Å². The number of carbonyl (C=O) groups excluding carboxylic acids is 2. The minimum atomic E-state index is -0.288. The van der Waals surface area contributed by atoms with Crippen molar-refractivity contribution in [3.63, 3.8) is 0 Å². The number of rotatable bonds is 7. The number of halogens is 1. The van der Waals surface area contributed by atoms with E-state index in [9.17, 15) is 14.0 Å². The lowest BCUT2D eigenvalue weighted by Gasteiger charge is -2.24. The molecule has 1 fully saturated rings. The van der Waals surface area contributed by atoms with Crippen molar-refractivity contribution in [1.29, 1.82) is 0 Å². The van der Waals surface area contributed by atoms with Gasteiger partial charge in [-0.05, 0) is 30.5 Å². The highest BCUT2D eigenvalue weighted by Crippen LogP contribution is 2.22. The van der Waals surface area contributed by atoms with Crippen LogP contribution in [-0.2, 0) is 16.1 Å². The number of hydrogen-bond acceptors (Lipinski definition) is 2. The largest absolute Gasteiger partial charge is 0.342 e. The molecule has 1 aliphatic rings. The van der Waals surface area contributed by atoms with Gasteiger partial charge in [-0.25, -0.2) is 4.39 Å². The van der Waals surface area contributed by atoms with E-state index in [4.69, 9.17) is 0 Å². The first-order valence-electron chi connectivity index (χ1n) is 8.36. The molecular formula is C18H25FN2O2. The molecule has 2 amide bonds. The van der Waals surface area contributed by atoms with Crippen LogP contribution in [0.25, 0.3) is 0 Å². The molecule has 1 heterocycles. The van der Waals surface area contributed by atoms with Crippen molar-refractivity contribution in [3.8, 4) is 0 Å². The molecule has 4 nitrogen and oxygen atoms in total. The molecule has 0 aliphatic carbocycles. The van der Waals surface area contributed by atoms with E-state index in [0.717, 1.165) is 31.5 Å². The third-order valence-corrected chi connectivity index (χ3v) is 4.15.